The molecule has 0 spiro atoms. The summed E-state index contributed by atoms with van der Waals surface area (Å²) in [6.07, 6.45) is 2.36. The van der Waals surface area contributed by atoms with E-state index in [4.69, 9.17) is 0 Å². The first-order chi connectivity index (χ1) is 9.99. The van der Waals surface area contributed by atoms with Gasteiger partial charge in [-0.3, -0.25) is 10.1 Å². The number of rotatable bonds is 5. The van der Waals surface area contributed by atoms with Crippen molar-refractivity contribution < 1.29 is 4.92 Å². The smallest absolute Gasteiger partial charge is 0.292 e. The molecule has 1 atom stereocenters. The number of anilines is 1. The van der Waals surface area contributed by atoms with E-state index < -0.39 is 0 Å². The fourth-order valence-corrected chi connectivity index (χ4v) is 3.18. The van der Waals surface area contributed by atoms with Crippen LogP contribution in [-0.2, 0) is 0 Å². The summed E-state index contributed by atoms with van der Waals surface area (Å²) >= 11 is 3.43. The lowest BCUT2D eigenvalue weighted by Crippen LogP contribution is -2.41. The van der Waals surface area contributed by atoms with Crippen molar-refractivity contribution in [1.29, 1.82) is 0 Å². The van der Waals surface area contributed by atoms with Crippen LogP contribution in [-0.4, -0.2) is 30.6 Å². The highest BCUT2D eigenvalue weighted by molar-refractivity contribution is 9.10. The predicted molar refractivity (Wildman–Crippen MR) is 88.9 cm³/mol. The molecule has 1 N–H and O–H groups in total. The van der Waals surface area contributed by atoms with Crippen LogP contribution in [0.15, 0.2) is 22.7 Å². The van der Waals surface area contributed by atoms with Gasteiger partial charge in [0.2, 0.25) is 0 Å². The Kier molecular flexibility index (Phi) is 5.58. The van der Waals surface area contributed by atoms with Gasteiger partial charge in [0.15, 0.2) is 0 Å². The predicted octanol–water partition coefficient (Wildman–Crippen LogP) is 3.57. The summed E-state index contributed by atoms with van der Waals surface area (Å²) in [7, 11) is 0. The number of piperidine rings is 1. The highest BCUT2D eigenvalue weighted by atomic mass is 79.9. The number of nitrogens with one attached hydrogen (secondary N) is 1. The second kappa shape index (κ2) is 7.22. The fraction of sp³-hybridized carbons (Fsp3) is 0.600. The van der Waals surface area contributed by atoms with Crippen LogP contribution in [0.25, 0.3) is 0 Å². The van der Waals surface area contributed by atoms with Gasteiger partial charge in [0.25, 0.3) is 5.69 Å². The van der Waals surface area contributed by atoms with Gasteiger partial charge in [-0.2, -0.15) is 0 Å². The van der Waals surface area contributed by atoms with Gasteiger partial charge in [0.05, 0.1) is 4.92 Å². The van der Waals surface area contributed by atoms with E-state index >= 15 is 0 Å². The Balaban J connectivity index is 2.28. The molecule has 116 valence electrons. The van der Waals surface area contributed by atoms with Gasteiger partial charge in [-0.05, 0) is 57.8 Å². The Morgan fingerprint density at radius 3 is 2.86 bits per heavy atom. The first kappa shape index (κ1) is 16.2. The molecule has 1 unspecified atom stereocenters. The normalized spacial score (nSPS) is 18.8. The second-order valence-corrected chi connectivity index (χ2v) is 6.76. The topological polar surface area (TPSA) is 58.4 Å². The molecule has 2 rings (SSSR count). The molecular formula is C15H22BrN3O2. The van der Waals surface area contributed by atoms with Crippen molar-refractivity contribution in [3.63, 3.8) is 0 Å². The third-order valence-corrected chi connectivity index (χ3v) is 4.41. The molecule has 1 fully saturated rings. The average molecular weight is 356 g/mol. The largest absolute Gasteiger partial charge is 0.363 e. The molecule has 0 aromatic heterocycles. The third kappa shape index (κ3) is 4.17. The molecule has 1 aromatic carbocycles. The van der Waals surface area contributed by atoms with E-state index in [1.165, 1.54) is 12.8 Å². The Bertz CT molecular complexity index is 502. The fourth-order valence-electron chi connectivity index (χ4n) is 2.83. The molecule has 1 aliphatic rings. The zero-order valence-corrected chi connectivity index (χ0v) is 14.1. The second-order valence-electron chi connectivity index (χ2n) is 5.85. The van der Waals surface area contributed by atoms with E-state index in [0.717, 1.165) is 24.1 Å². The van der Waals surface area contributed by atoms with Gasteiger partial charge < -0.3 is 10.2 Å². The molecule has 0 bridgehead atoms. The minimum Gasteiger partial charge on any atom is -0.363 e. The lowest BCUT2D eigenvalue weighted by atomic mass is 9.98. The van der Waals surface area contributed by atoms with Crippen LogP contribution >= 0.6 is 15.9 Å². The van der Waals surface area contributed by atoms with Gasteiger partial charge >= 0.3 is 0 Å². The summed E-state index contributed by atoms with van der Waals surface area (Å²) < 4.78 is 0.871. The Morgan fingerprint density at radius 2 is 2.29 bits per heavy atom. The van der Waals surface area contributed by atoms with Crippen LogP contribution < -0.4 is 10.2 Å². The van der Waals surface area contributed by atoms with Gasteiger partial charge in [-0.1, -0.05) is 15.9 Å². The van der Waals surface area contributed by atoms with Crippen LogP contribution in [0, 0.1) is 16.0 Å². The summed E-state index contributed by atoms with van der Waals surface area (Å²) in [5, 5.41) is 14.7. The first-order valence-corrected chi connectivity index (χ1v) is 8.19. The molecule has 1 saturated heterocycles. The van der Waals surface area contributed by atoms with E-state index in [9.17, 15) is 10.1 Å². The Labute approximate surface area is 134 Å². The average Bonchev–Trinajstić information content (AvgIpc) is 2.45. The minimum absolute atomic E-state index is 0.177. The van der Waals surface area contributed by atoms with Crippen molar-refractivity contribution in [2.24, 2.45) is 5.92 Å². The molecule has 1 aliphatic heterocycles. The number of benzene rings is 1. The summed E-state index contributed by atoms with van der Waals surface area (Å²) in [4.78, 5) is 13.2. The molecule has 6 heteroatoms. The maximum atomic E-state index is 11.3. The van der Waals surface area contributed by atoms with E-state index in [0.29, 0.717) is 11.6 Å². The van der Waals surface area contributed by atoms with Crippen LogP contribution in [0.2, 0.25) is 0 Å². The van der Waals surface area contributed by atoms with Gasteiger partial charge in [-0.15, -0.1) is 0 Å². The van der Waals surface area contributed by atoms with Crippen molar-refractivity contribution in [1.82, 2.24) is 5.32 Å². The molecule has 5 nitrogen and oxygen atoms in total. The van der Waals surface area contributed by atoms with E-state index in [1.54, 1.807) is 12.1 Å². The van der Waals surface area contributed by atoms with Crippen LogP contribution in [0.5, 0.6) is 0 Å². The summed E-state index contributed by atoms with van der Waals surface area (Å²) in [6, 6.07) is 5.38. The summed E-state index contributed by atoms with van der Waals surface area (Å²) in [5.74, 6) is 0.541. The SMILES string of the molecule is CC(C)N(CC1CCCNC1)c1cc(Br)ccc1[N+](=O)[O-]. The quantitative estimate of drug-likeness (QED) is 0.647. The standard InChI is InChI=1S/C15H22BrN3O2/c1-11(2)18(10-12-4-3-7-17-9-12)15-8-13(16)5-6-14(15)19(20)21/h5-6,8,11-12,17H,3-4,7,9-10H2,1-2H3. The molecular weight excluding hydrogens is 334 g/mol. The highest BCUT2D eigenvalue weighted by Crippen LogP contribution is 2.33. The molecule has 1 aromatic rings. The molecule has 0 radical (unpaired) electrons. The van der Waals surface area contributed by atoms with E-state index in [2.05, 4.69) is 40.0 Å². The number of halogens is 1. The monoisotopic (exact) mass is 355 g/mol. The Hall–Kier alpha value is -1.14. The van der Waals surface area contributed by atoms with Crippen molar-refractivity contribution in [2.75, 3.05) is 24.5 Å². The van der Waals surface area contributed by atoms with Gasteiger partial charge in [-0.25, -0.2) is 0 Å². The zero-order chi connectivity index (χ0) is 15.4. The third-order valence-electron chi connectivity index (χ3n) is 3.92. The van der Waals surface area contributed by atoms with E-state index in [-0.39, 0.29) is 16.7 Å². The number of nitro benzene ring substituents is 1. The molecule has 0 amide bonds. The first-order valence-electron chi connectivity index (χ1n) is 7.40. The van der Waals surface area contributed by atoms with E-state index in [1.807, 2.05) is 6.07 Å². The molecule has 0 aliphatic carbocycles. The van der Waals surface area contributed by atoms with Crippen molar-refractivity contribution in [2.45, 2.75) is 32.7 Å². The van der Waals surface area contributed by atoms with Crippen LogP contribution in [0.1, 0.15) is 26.7 Å². The van der Waals surface area contributed by atoms with Crippen LogP contribution in [0.3, 0.4) is 0 Å². The van der Waals surface area contributed by atoms with Crippen LogP contribution in [0.4, 0.5) is 11.4 Å². The zero-order valence-electron chi connectivity index (χ0n) is 12.5. The Morgan fingerprint density at radius 1 is 1.52 bits per heavy atom. The van der Waals surface area contributed by atoms with Crippen molar-refractivity contribution >= 4 is 27.3 Å². The van der Waals surface area contributed by atoms with Crippen molar-refractivity contribution in [3.05, 3.63) is 32.8 Å². The lowest BCUT2D eigenvalue weighted by Gasteiger charge is -2.34. The maximum Gasteiger partial charge on any atom is 0.292 e. The number of nitrogens with zero attached hydrogens (tertiary/aromatic N) is 2. The molecule has 0 saturated carbocycles. The highest BCUT2D eigenvalue weighted by Gasteiger charge is 2.25. The summed E-state index contributed by atoms with van der Waals surface area (Å²) in [6.45, 7) is 7.09. The number of hydrogen-bond acceptors (Lipinski definition) is 4. The number of hydrogen-bond donors (Lipinski definition) is 1. The van der Waals surface area contributed by atoms with Gasteiger partial charge in [0, 0.05) is 23.1 Å². The summed E-state index contributed by atoms with van der Waals surface area (Å²) in [5.41, 5.74) is 0.880. The van der Waals surface area contributed by atoms with Crippen molar-refractivity contribution in [3.8, 4) is 0 Å². The lowest BCUT2D eigenvalue weighted by molar-refractivity contribution is -0.384. The molecule has 1 heterocycles. The van der Waals surface area contributed by atoms with Gasteiger partial charge in [0.1, 0.15) is 5.69 Å². The number of nitro groups is 1. The molecule has 21 heavy (non-hydrogen) atoms. The minimum atomic E-state index is -0.295. The maximum absolute atomic E-state index is 11.3.